The van der Waals surface area contributed by atoms with Gasteiger partial charge in [-0.15, -0.1) is 0 Å². The highest BCUT2D eigenvalue weighted by Crippen LogP contribution is 2.37. The molecule has 0 unspecified atom stereocenters. The van der Waals surface area contributed by atoms with Gasteiger partial charge in [-0.05, 0) is 80.2 Å². The zero-order chi connectivity index (χ0) is 36.6. The molecule has 1 amide bonds. The van der Waals surface area contributed by atoms with E-state index in [0.29, 0.717) is 38.1 Å². The van der Waals surface area contributed by atoms with Crippen LogP contribution < -0.4 is 14.4 Å². The lowest BCUT2D eigenvalue weighted by molar-refractivity contribution is 0.0146. The molecule has 1 aliphatic heterocycles. The van der Waals surface area contributed by atoms with Gasteiger partial charge in [0, 0.05) is 37.0 Å². The molecular weight excluding hydrogens is 655 g/mol. The van der Waals surface area contributed by atoms with Crippen LogP contribution in [0.2, 0.25) is 18.1 Å². The number of carbonyl (C=O) groups is 1. The van der Waals surface area contributed by atoms with Crippen molar-refractivity contribution in [3.8, 4) is 22.9 Å². The monoisotopic (exact) mass is 709 g/mol. The van der Waals surface area contributed by atoms with Crippen LogP contribution in [0, 0.1) is 0 Å². The summed E-state index contributed by atoms with van der Waals surface area (Å²) in [5.41, 5.74) is 4.55. The van der Waals surface area contributed by atoms with Crippen LogP contribution in [-0.4, -0.2) is 62.2 Å². The number of anilines is 1. The molecule has 0 N–H and O–H groups in total. The van der Waals surface area contributed by atoms with Gasteiger partial charge in [0.15, 0.2) is 8.32 Å². The first kappa shape index (κ1) is 37.9. The summed E-state index contributed by atoms with van der Waals surface area (Å²) in [6, 6.07) is 32.6. The first-order valence-electron chi connectivity index (χ1n) is 18.0. The van der Waals surface area contributed by atoms with Crippen LogP contribution in [0.4, 0.5) is 10.5 Å². The minimum atomic E-state index is -1.95. The van der Waals surface area contributed by atoms with Gasteiger partial charge < -0.3 is 28.4 Å². The van der Waals surface area contributed by atoms with Crippen LogP contribution in [0.3, 0.4) is 0 Å². The third-order valence-corrected chi connectivity index (χ3v) is 14.2. The van der Waals surface area contributed by atoms with Crippen LogP contribution in [0.1, 0.15) is 59.1 Å². The van der Waals surface area contributed by atoms with Gasteiger partial charge in [0.25, 0.3) is 0 Å². The molecule has 8 nitrogen and oxygen atoms in total. The quantitative estimate of drug-likeness (QED) is 0.128. The molecule has 2 heterocycles. The van der Waals surface area contributed by atoms with E-state index in [4.69, 9.17) is 23.6 Å². The van der Waals surface area contributed by atoms with E-state index in [0.717, 1.165) is 47.5 Å². The van der Waals surface area contributed by atoms with Gasteiger partial charge in [0.2, 0.25) is 11.8 Å². The fraction of sp³-hybridized carbons (Fsp3) is 0.429. The molecule has 1 aromatic heterocycles. The lowest BCUT2D eigenvalue weighted by Gasteiger charge is -2.37. The van der Waals surface area contributed by atoms with Crippen molar-refractivity contribution in [1.82, 2.24) is 9.88 Å². The molecule has 0 spiro atoms. The predicted molar refractivity (Wildman–Crippen MR) is 208 cm³/mol. The molecule has 0 bridgehead atoms. The maximum absolute atomic E-state index is 13.5. The summed E-state index contributed by atoms with van der Waals surface area (Å²) in [6.45, 7) is 20.3. The number of carbonyl (C=O) groups excluding carboxylic acids is 1. The van der Waals surface area contributed by atoms with Crippen LogP contribution in [0.5, 0.6) is 11.8 Å². The van der Waals surface area contributed by atoms with Crippen molar-refractivity contribution >= 4 is 20.1 Å². The van der Waals surface area contributed by atoms with Gasteiger partial charge in [0.1, 0.15) is 18.8 Å². The number of nitrogens with zero attached hydrogens (tertiary/aromatic N) is 3. The van der Waals surface area contributed by atoms with Gasteiger partial charge in [-0.1, -0.05) is 93.6 Å². The van der Waals surface area contributed by atoms with E-state index in [1.54, 1.807) is 0 Å². The summed E-state index contributed by atoms with van der Waals surface area (Å²) < 4.78 is 24.7. The molecule has 272 valence electrons. The standard InChI is InChI=1S/C42H55N3O5Si/c1-41(2,3)50-40(46)45(27-28-49-51(7,8)42(4,5)6)36-25-26-44(29-36)35-21-19-34(20-22-35)37-23-24-38(47-30-32-15-11-9-12-16-32)43-39(37)48-31-33-17-13-10-14-18-33/h9-24,36H,25-31H2,1-8H3/t36-/m1/s1. The summed E-state index contributed by atoms with van der Waals surface area (Å²) >= 11 is 0. The van der Waals surface area contributed by atoms with Crippen molar-refractivity contribution in [3.05, 3.63) is 108 Å². The lowest BCUT2D eigenvalue weighted by Crippen LogP contribution is -2.48. The zero-order valence-electron chi connectivity index (χ0n) is 31.6. The van der Waals surface area contributed by atoms with E-state index < -0.39 is 13.9 Å². The van der Waals surface area contributed by atoms with Crippen LogP contribution in [-0.2, 0) is 22.4 Å². The van der Waals surface area contributed by atoms with E-state index >= 15 is 0 Å². The second-order valence-corrected chi connectivity index (χ2v) is 20.6. The highest BCUT2D eigenvalue weighted by Gasteiger charge is 2.38. The van der Waals surface area contributed by atoms with Crippen LogP contribution in [0.15, 0.2) is 97.1 Å². The largest absolute Gasteiger partial charge is 0.473 e. The van der Waals surface area contributed by atoms with Crippen LogP contribution >= 0.6 is 0 Å². The Labute approximate surface area is 305 Å². The number of rotatable bonds is 13. The van der Waals surface area contributed by atoms with Gasteiger partial charge in [-0.3, -0.25) is 0 Å². The molecule has 1 saturated heterocycles. The first-order valence-corrected chi connectivity index (χ1v) is 20.9. The number of benzene rings is 3. The average Bonchev–Trinajstić information content (AvgIpc) is 3.58. The molecule has 5 rings (SSSR count). The summed E-state index contributed by atoms with van der Waals surface area (Å²) in [4.78, 5) is 22.5. The topological polar surface area (TPSA) is 73.4 Å². The van der Waals surface area contributed by atoms with Gasteiger partial charge in [-0.25, -0.2) is 4.79 Å². The highest BCUT2D eigenvalue weighted by molar-refractivity contribution is 6.74. The normalized spacial score (nSPS) is 15.1. The van der Waals surface area contributed by atoms with Crippen molar-refractivity contribution in [3.63, 3.8) is 0 Å². The van der Waals surface area contributed by atoms with Crippen molar-refractivity contribution in [1.29, 1.82) is 0 Å². The third kappa shape index (κ3) is 10.6. The molecule has 1 atom stereocenters. The van der Waals surface area contributed by atoms with Crippen molar-refractivity contribution < 1.29 is 23.4 Å². The Hall–Kier alpha value is -4.34. The summed E-state index contributed by atoms with van der Waals surface area (Å²) in [7, 11) is -1.95. The Kier molecular flexibility index (Phi) is 12.1. The smallest absolute Gasteiger partial charge is 0.410 e. The van der Waals surface area contributed by atoms with Crippen LogP contribution in [0.25, 0.3) is 11.1 Å². The lowest BCUT2D eigenvalue weighted by atomic mass is 10.1. The molecule has 0 saturated carbocycles. The Morgan fingerprint density at radius 3 is 2.02 bits per heavy atom. The number of aromatic nitrogens is 1. The van der Waals surface area contributed by atoms with E-state index in [-0.39, 0.29) is 17.2 Å². The fourth-order valence-corrected chi connectivity index (χ4v) is 6.77. The zero-order valence-corrected chi connectivity index (χ0v) is 32.6. The second kappa shape index (κ2) is 16.3. The Bertz CT molecular complexity index is 1700. The first-order chi connectivity index (χ1) is 24.2. The van der Waals surface area contributed by atoms with Crippen molar-refractivity contribution in [2.24, 2.45) is 0 Å². The second-order valence-electron chi connectivity index (χ2n) is 15.8. The van der Waals surface area contributed by atoms with E-state index in [1.807, 2.05) is 98.5 Å². The summed E-state index contributed by atoms with van der Waals surface area (Å²) in [6.07, 6.45) is 0.572. The minimum absolute atomic E-state index is 0.0214. The van der Waals surface area contributed by atoms with Gasteiger partial charge >= 0.3 is 6.09 Å². The Morgan fingerprint density at radius 2 is 1.43 bits per heavy atom. The summed E-state index contributed by atoms with van der Waals surface area (Å²) in [5, 5.41) is 0.100. The van der Waals surface area contributed by atoms with Gasteiger partial charge in [-0.2, -0.15) is 4.98 Å². The average molecular weight is 710 g/mol. The molecule has 1 fully saturated rings. The third-order valence-electron chi connectivity index (χ3n) is 9.66. The molecular formula is C42H55N3O5Si. The SMILES string of the molecule is CC(C)(C)OC(=O)N(CCO[Si](C)(C)C(C)(C)C)[C@@H]1CCN(c2ccc(-c3ccc(OCc4ccccc4)nc3OCc3ccccc3)cc2)C1. The molecule has 3 aromatic carbocycles. The maximum atomic E-state index is 13.5. The van der Waals surface area contributed by atoms with Crippen molar-refractivity contribution in [2.75, 3.05) is 31.1 Å². The van der Waals surface area contributed by atoms with Gasteiger partial charge in [0.05, 0.1) is 12.6 Å². The molecule has 9 heteroatoms. The Balaban J connectivity index is 1.29. The number of ether oxygens (including phenoxy) is 3. The van der Waals surface area contributed by atoms with E-state index in [2.05, 4.69) is 63.0 Å². The predicted octanol–water partition coefficient (Wildman–Crippen LogP) is 9.74. The van der Waals surface area contributed by atoms with E-state index in [9.17, 15) is 4.79 Å². The number of hydrogen-bond donors (Lipinski definition) is 0. The highest BCUT2D eigenvalue weighted by atomic mass is 28.4. The molecule has 0 aliphatic carbocycles. The number of hydrogen-bond acceptors (Lipinski definition) is 7. The number of amides is 1. The molecule has 4 aromatic rings. The minimum Gasteiger partial charge on any atom is -0.473 e. The molecule has 0 radical (unpaired) electrons. The molecule has 51 heavy (non-hydrogen) atoms. The van der Waals surface area contributed by atoms with Crippen molar-refractivity contribution in [2.45, 2.75) is 91.0 Å². The fourth-order valence-electron chi connectivity index (χ4n) is 5.73. The number of pyridine rings is 1. The molecule has 1 aliphatic rings. The van der Waals surface area contributed by atoms with E-state index in [1.165, 1.54) is 0 Å². The Morgan fingerprint density at radius 1 is 0.824 bits per heavy atom. The maximum Gasteiger partial charge on any atom is 0.410 e. The summed E-state index contributed by atoms with van der Waals surface area (Å²) in [5.74, 6) is 1.03.